The largest absolute Gasteiger partial charge is 0.496 e. The van der Waals surface area contributed by atoms with E-state index in [2.05, 4.69) is 10.2 Å². The standard InChI is InChI=1S/C24H26N2O6/c1-14-23(16-7-8-19(29-4)17(9-16)12-27)24(15(2)26-25-14)18-10-21(30-5)22(31-6)11-20(18)32-13-28-3/h7-12H,13H2,1-6H3. The van der Waals surface area contributed by atoms with Crippen molar-refractivity contribution < 1.29 is 28.5 Å². The fourth-order valence-electron chi connectivity index (χ4n) is 3.57. The highest BCUT2D eigenvalue weighted by molar-refractivity contribution is 5.92. The zero-order valence-electron chi connectivity index (χ0n) is 19.0. The lowest BCUT2D eigenvalue weighted by Crippen LogP contribution is -2.05. The van der Waals surface area contributed by atoms with Gasteiger partial charge in [0.25, 0.3) is 0 Å². The van der Waals surface area contributed by atoms with Crippen molar-refractivity contribution in [3.63, 3.8) is 0 Å². The Morgan fingerprint density at radius 1 is 0.781 bits per heavy atom. The van der Waals surface area contributed by atoms with Gasteiger partial charge in [-0.2, -0.15) is 10.2 Å². The van der Waals surface area contributed by atoms with Gasteiger partial charge in [-0.1, -0.05) is 6.07 Å². The summed E-state index contributed by atoms with van der Waals surface area (Å²) < 4.78 is 27.3. The third-order valence-electron chi connectivity index (χ3n) is 5.06. The van der Waals surface area contributed by atoms with Gasteiger partial charge in [-0.25, -0.2) is 0 Å². The summed E-state index contributed by atoms with van der Waals surface area (Å²) in [6.45, 7) is 3.78. The number of aldehydes is 1. The minimum Gasteiger partial charge on any atom is -0.496 e. The first-order chi connectivity index (χ1) is 15.5. The minimum atomic E-state index is 0.0478. The number of hydrogen-bond acceptors (Lipinski definition) is 8. The van der Waals surface area contributed by atoms with E-state index in [1.165, 1.54) is 7.11 Å². The van der Waals surface area contributed by atoms with Crippen LogP contribution in [0.5, 0.6) is 23.0 Å². The molecule has 0 aliphatic rings. The van der Waals surface area contributed by atoms with Gasteiger partial charge in [0.05, 0.1) is 38.3 Å². The van der Waals surface area contributed by atoms with Crippen LogP contribution >= 0.6 is 0 Å². The molecule has 3 aromatic rings. The maximum atomic E-state index is 11.6. The summed E-state index contributed by atoms with van der Waals surface area (Å²) in [4.78, 5) is 11.6. The van der Waals surface area contributed by atoms with E-state index in [1.54, 1.807) is 39.5 Å². The molecule has 0 atom stereocenters. The SMILES string of the molecule is COCOc1cc(OC)c(OC)cc1-c1c(C)nnc(C)c1-c1ccc(OC)c(C=O)c1. The summed E-state index contributed by atoms with van der Waals surface area (Å²) in [6.07, 6.45) is 0.766. The van der Waals surface area contributed by atoms with Gasteiger partial charge in [0.1, 0.15) is 11.5 Å². The molecule has 0 aliphatic heterocycles. The second-order valence-corrected chi connectivity index (χ2v) is 6.95. The lowest BCUT2D eigenvalue weighted by atomic mass is 9.91. The number of nitrogens with zero attached hydrogens (tertiary/aromatic N) is 2. The Labute approximate surface area is 187 Å². The van der Waals surface area contributed by atoms with Gasteiger partial charge in [-0.05, 0) is 37.6 Å². The number of aromatic nitrogens is 2. The smallest absolute Gasteiger partial charge is 0.188 e. The Morgan fingerprint density at radius 2 is 1.41 bits per heavy atom. The van der Waals surface area contributed by atoms with E-state index < -0.39 is 0 Å². The first-order valence-corrected chi connectivity index (χ1v) is 9.84. The first kappa shape index (κ1) is 23.0. The highest BCUT2D eigenvalue weighted by Crippen LogP contribution is 2.45. The molecule has 0 saturated carbocycles. The lowest BCUT2D eigenvalue weighted by Gasteiger charge is -2.20. The zero-order chi connectivity index (χ0) is 23.3. The van der Waals surface area contributed by atoms with Crippen LogP contribution in [0.4, 0.5) is 0 Å². The molecule has 0 unspecified atom stereocenters. The molecule has 0 N–H and O–H groups in total. The number of carbonyl (C=O) groups excluding carboxylic acids is 1. The van der Waals surface area contributed by atoms with Crippen LogP contribution in [0, 0.1) is 13.8 Å². The van der Waals surface area contributed by atoms with Crippen molar-refractivity contribution in [1.29, 1.82) is 0 Å². The van der Waals surface area contributed by atoms with Gasteiger partial charge < -0.3 is 23.7 Å². The summed E-state index contributed by atoms with van der Waals surface area (Å²) in [5.74, 6) is 2.09. The van der Waals surface area contributed by atoms with Crippen molar-refractivity contribution in [1.82, 2.24) is 10.2 Å². The number of carbonyl (C=O) groups is 1. The quantitative estimate of drug-likeness (QED) is 0.362. The molecule has 168 valence electrons. The number of rotatable bonds is 9. The Morgan fingerprint density at radius 3 is 2.00 bits per heavy atom. The van der Waals surface area contributed by atoms with Crippen LogP contribution in [0.25, 0.3) is 22.3 Å². The Kier molecular flexibility index (Phi) is 7.27. The van der Waals surface area contributed by atoms with Gasteiger partial charge in [0.2, 0.25) is 0 Å². The Hall–Kier alpha value is -3.65. The van der Waals surface area contributed by atoms with Crippen molar-refractivity contribution in [2.24, 2.45) is 0 Å². The minimum absolute atomic E-state index is 0.0478. The van der Waals surface area contributed by atoms with Crippen molar-refractivity contribution in [3.8, 4) is 45.3 Å². The number of benzene rings is 2. The van der Waals surface area contributed by atoms with Crippen LogP contribution in [0.2, 0.25) is 0 Å². The van der Waals surface area contributed by atoms with Crippen LogP contribution in [0.1, 0.15) is 21.7 Å². The molecule has 8 nitrogen and oxygen atoms in total. The molecule has 0 spiro atoms. The normalized spacial score (nSPS) is 10.6. The second kappa shape index (κ2) is 10.1. The van der Waals surface area contributed by atoms with Crippen LogP contribution in [-0.2, 0) is 4.74 Å². The van der Waals surface area contributed by atoms with E-state index in [0.29, 0.717) is 39.9 Å². The van der Waals surface area contributed by atoms with E-state index in [1.807, 2.05) is 26.0 Å². The van der Waals surface area contributed by atoms with Crippen LogP contribution in [0.15, 0.2) is 30.3 Å². The van der Waals surface area contributed by atoms with E-state index in [9.17, 15) is 4.79 Å². The Balaban J connectivity index is 2.35. The highest BCUT2D eigenvalue weighted by Gasteiger charge is 2.22. The average Bonchev–Trinajstić information content (AvgIpc) is 2.82. The molecule has 0 fully saturated rings. The predicted octanol–water partition coefficient (Wildman–Crippen LogP) is 4.25. The molecule has 0 bridgehead atoms. The van der Waals surface area contributed by atoms with E-state index >= 15 is 0 Å². The van der Waals surface area contributed by atoms with Crippen LogP contribution in [-0.4, -0.2) is 51.7 Å². The number of hydrogen-bond donors (Lipinski definition) is 0. The van der Waals surface area contributed by atoms with Crippen molar-refractivity contribution in [2.45, 2.75) is 13.8 Å². The maximum Gasteiger partial charge on any atom is 0.188 e. The maximum absolute atomic E-state index is 11.6. The van der Waals surface area contributed by atoms with Crippen molar-refractivity contribution in [2.75, 3.05) is 35.2 Å². The molecule has 0 radical (unpaired) electrons. The topological polar surface area (TPSA) is 89.0 Å². The lowest BCUT2D eigenvalue weighted by molar-refractivity contribution is 0.0513. The number of methoxy groups -OCH3 is 4. The van der Waals surface area contributed by atoms with Gasteiger partial charge >= 0.3 is 0 Å². The fourth-order valence-corrected chi connectivity index (χ4v) is 3.57. The molecule has 0 amide bonds. The average molecular weight is 438 g/mol. The summed E-state index contributed by atoms with van der Waals surface area (Å²) in [7, 11) is 6.21. The first-order valence-electron chi connectivity index (χ1n) is 9.84. The molecule has 1 heterocycles. The third-order valence-corrected chi connectivity index (χ3v) is 5.06. The molecule has 2 aromatic carbocycles. The second-order valence-electron chi connectivity index (χ2n) is 6.95. The summed E-state index contributed by atoms with van der Waals surface area (Å²) in [5.41, 5.74) is 4.96. The Bertz CT molecular complexity index is 1130. The third kappa shape index (κ3) is 4.36. The fraction of sp³-hybridized carbons (Fsp3) is 0.292. The van der Waals surface area contributed by atoms with E-state index in [-0.39, 0.29) is 6.79 Å². The van der Waals surface area contributed by atoms with Crippen molar-refractivity contribution in [3.05, 3.63) is 47.3 Å². The number of ether oxygens (including phenoxy) is 5. The van der Waals surface area contributed by atoms with Gasteiger partial charge in [-0.15, -0.1) is 0 Å². The predicted molar refractivity (Wildman–Crippen MR) is 120 cm³/mol. The van der Waals surface area contributed by atoms with Gasteiger partial charge in [0, 0.05) is 29.9 Å². The summed E-state index contributed by atoms with van der Waals surface area (Å²) in [5, 5.41) is 8.65. The van der Waals surface area contributed by atoms with E-state index in [4.69, 9.17) is 23.7 Å². The molecule has 0 aliphatic carbocycles. The molecule has 32 heavy (non-hydrogen) atoms. The monoisotopic (exact) mass is 438 g/mol. The summed E-state index contributed by atoms with van der Waals surface area (Å²) in [6, 6.07) is 9.00. The molecule has 0 saturated heterocycles. The summed E-state index contributed by atoms with van der Waals surface area (Å²) >= 11 is 0. The van der Waals surface area contributed by atoms with Gasteiger partial charge in [-0.3, -0.25) is 4.79 Å². The molecule has 8 heteroatoms. The zero-order valence-corrected chi connectivity index (χ0v) is 19.0. The number of aryl methyl sites for hydroxylation is 2. The molecular formula is C24H26N2O6. The molecule has 3 rings (SSSR count). The van der Waals surface area contributed by atoms with E-state index in [0.717, 1.165) is 28.5 Å². The molecular weight excluding hydrogens is 412 g/mol. The van der Waals surface area contributed by atoms with Crippen LogP contribution < -0.4 is 18.9 Å². The van der Waals surface area contributed by atoms with Gasteiger partial charge in [0.15, 0.2) is 24.6 Å². The molecule has 1 aromatic heterocycles. The van der Waals surface area contributed by atoms with Crippen LogP contribution in [0.3, 0.4) is 0 Å². The highest BCUT2D eigenvalue weighted by atomic mass is 16.7. The van der Waals surface area contributed by atoms with Crippen molar-refractivity contribution >= 4 is 6.29 Å².